The molecule has 2 aromatic rings. The number of aromatic nitrogens is 1. The Morgan fingerprint density at radius 1 is 1.38 bits per heavy atom. The first-order valence-corrected chi connectivity index (χ1v) is 7.67. The second-order valence-corrected chi connectivity index (χ2v) is 5.22. The van der Waals surface area contributed by atoms with Gasteiger partial charge in [0, 0.05) is 12.1 Å². The molecular weight excluding hydrogens is 309 g/mol. The van der Waals surface area contributed by atoms with Gasteiger partial charge in [-0.1, -0.05) is 6.07 Å². The number of rotatable bonds is 5. The second-order valence-electron chi connectivity index (χ2n) is 5.22. The molecule has 0 saturated heterocycles. The molecule has 1 aromatic carbocycles. The molecule has 2 N–H and O–H groups in total. The Bertz CT molecular complexity index is 756. The number of aryl methyl sites for hydroxylation is 2. The Balaban J connectivity index is 2.03. The van der Waals surface area contributed by atoms with E-state index in [9.17, 15) is 4.39 Å². The summed E-state index contributed by atoms with van der Waals surface area (Å²) in [5.41, 5.74) is 1.57. The van der Waals surface area contributed by atoms with Crippen LogP contribution in [0.15, 0.2) is 27.6 Å². The summed E-state index contributed by atoms with van der Waals surface area (Å²) < 4.78 is 19.4. The minimum Gasteiger partial charge on any atom is -0.444 e. The van der Waals surface area contributed by atoms with Crippen LogP contribution in [0.4, 0.5) is 4.39 Å². The summed E-state index contributed by atoms with van der Waals surface area (Å²) in [6.07, 6.45) is 0. The lowest BCUT2D eigenvalue weighted by Crippen LogP contribution is -2.36. The van der Waals surface area contributed by atoms with Gasteiger partial charge in [0.05, 0.1) is 30.4 Å². The molecule has 6 nitrogen and oxygen atoms in total. The number of nitrogens with one attached hydrogen (secondary N) is 2. The molecule has 126 valence electrons. The number of aliphatic imine (C=N–C) groups is 1. The standard InChI is InChI=1S/C17H20FN5O/c1-4-20-17(22-10-16-23-11(2)12(3)24-16)21-9-14-6-5-13(8-19)7-15(14)18/h5-7H,4,9-10H2,1-3H3,(H2,20,21,22). The molecule has 24 heavy (non-hydrogen) atoms. The van der Waals surface area contributed by atoms with E-state index >= 15 is 0 Å². The fraction of sp³-hybridized carbons (Fsp3) is 0.353. The molecule has 0 aliphatic heterocycles. The van der Waals surface area contributed by atoms with Crippen LogP contribution in [0.1, 0.15) is 35.4 Å². The molecule has 0 atom stereocenters. The van der Waals surface area contributed by atoms with Crippen LogP contribution >= 0.6 is 0 Å². The van der Waals surface area contributed by atoms with Gasteiger partial charge in [-0.25, -0.2) is 14.4 Å². The number of benzene rings is 1. The SMILES string of the molecule is CCNC(=NCc1ccc(C#N)cc1F)NCc1nc(C)c(C)o1. The normalized spacial score (nSPS) is 11.2. The highest BCUT2D eigenvalue weighted by Crippen LogP contribution is 2.11. The van der Waals surface area contributed by atoms with Gasteiger partial charge in [0.25, 0.3) is 0 Å². The van der Waals surface area contributed by atoms with Crippen molar-refractivity contribution >= 4 is 5.96 Å². The Morgan fingerprint density at radius 2 is 2.17 bits per heavy atom. The Morgan fingerprint density at radius 3 is 2.75 bits per heavy atom. The highest BCUT2D eigenvalue weighted by Gasteiger charge is 2.07. The van der Waals surface area contributed by atoms with E-state index in [4.69, 9.17) is 9.68 Å². The van der Waals surface area contributed by atoms with Crippen molar-refractivity contribution < 1.29 is 8.81 Å². The van der Waals surface area contributed by atoms with Crippen molar-refractivity contribution in [3.8, 4) is 6.07 Å². The third-order valence-electron chi connectivity index (χ3n) is 3.41. The molecule has 0 radical (unpaired) electrons. The summed E-state index contributed by atoms with van der Waals surface area (Å²) in [7, 11) is 0. The first kappa shape index (κ1) is 17.5. The maximum absolute atomic E-state index is 13.9. The van der Waals surface area contributed by atoms with Gasteiger partial charge < -0.3 is 15.1 Å². The van der Waals surface area contributed by atoms with E-state index in [-0.39, 0.29) is 6.54 Å². The summed E-state index contributed by atoms with van der Waals surface area (Å²) in [4.78, 5) is 8.64. The zero-order valence-electron chi connectivity index (χ0n) is 14.0. The molecule has 0 spiro atoms. The minimum absolute atomic E-state index is 0.163. The summed E-state index contributed by atoms with van der Waals surface area (Å²) in [5, 5.41) is 14.9. The molecule has 0 saturated carbocycles. The maximum atomic E-state index is 13.9. The predicted octanol–water partition coefficient (Wildman–Crippen LogP) is 2.56. The topological polar surface area (TPSA) is 86.2 Å². The van der Waals surface area contributed by atoms with Crippen molar-refractivity contribution in [2.75, 3.05) is 6.54 Å². The Labute approximate surface area is 140 Å². The molecule has 2 rings (SSSR count). The van der Waals surface area contributed by atoms with Crippen LogP contribution in [0.2, 0.25) is 0 Å². The Hall–Kier alpha value is -2.88. The smallest absolute Gasteiger partial charge is 0.214 e. The molecule has 0 aliphatic rings. The summed E-state index contributed by atoms with van der Waals surface area (Å²) in [6, 6.07) is 6.27. The van der Waals surface area contributed by atoms with E-state index in [1.165, 1.54) is 6.07 Å². The number of halogens is 1. The van der Waals surface area contributed by atoms with Gasteiger partial charge in [-0.15, -0.1) is 0 Å². The van der Waals surface area contributed by atoms with E-state index in [1.54, 1.807) is 12.1 Å². The molecule has 7 heteroatoms. The highest BCUT2D eigenvalue weighted by molar-refractivity contribution is 5.79. The van der Waals surface area contributed by atoms with Crippen molar-refractivity contribution in [3.63, 3.8) is 0 Å². The van der Waals surface area contributed by atoms with E-state index in [0.29, 0.717) is 36.1 Å². The van der Waals surface area contributed by atoms with Crippen LogP contribution in [0.25, 0.3) is 0 Å². The van der Waals surface area contributed by atoms with E-state index < -0.39 is 5.82 Å². The average molecular weight is 329 g/mol. The molecule has 0 unspecified atom stereocenters. The third kappa shape index (κ3) is 4.56. The predicted molar refractivity (Wildman–Crippen MR) is 88.7 cm³/mol. The fourth-order valence-electron chi connectivity index (χ4n) is 2.03. The number of guanidine groups is 1. The van der Waals surface area contributed by atoms with Gasteiger partial charge in [-0.05, 0) is 32.9 Å². The molecule has 0 aliphatic carbocycles. The van der Waals surface area contributed by atoms with Crippen LogP contribution in [-0.4, -0.2) is 17.5 Å². The lowest BCUT2D eigenvalue weighted by atomic mass is 10.1. The van der Waals surface area contributed by atoms with Crippen molar-refractivity contribution in [1.29, 1.82) is 5.26 Å². The maximum Gasteiger partial charge on any atom is 0.214 e. The lowest BCUT2D eigenvalue weighted by Gasteiger charge is -2.10. The van der Waals surface area contributed by atoms with E-state index in [1.807, 2.05) is 26.8 Å². The second kappa shape index (κ2) is 8.11. The largest absolute Gasteiger partial charge is 0.444 e. The van der Waals surface area contributed by atoms with Crippen LogP contribution in [0.5, 0.6) is 0 Å². The molecule has 0 amide bonds. The lowest BCUT2D eigenvalue weighted by molar-refractivity contribution is 0.463. The zero-order chi connectivity index (χ0) is 17.5. The van der Waals surface area contributed by atoms with Crippen molar-refractivity contribution in [3.05, 3.63) is 52.5 Å². The average Bonchev–Trinajstić information content (AvgIpc) is 2.89. The van der Waals surface area contributed by atoms with Crippen LogP contribution < -0.4 is 10.6 Å². The number of nitrogens with zero attached hydrogens (tertiary/aromatic N) is 3. The molecule has 1 aromatic heterocycles. The molecular formula is C17H20FN5O. The number of nitriles is 1. The van der Waals surface area contributed by atoms with Crippen LogP contribution in [0, 0.1) is 31.0 Å². The number of oxazole rings is 1. The van der Waals surface area contributed by atoms with Gasteiger partial charge in [0.1, 0.15) is 11.6 Å². The zero-order valence-corrected chi connectivity index (χ0v) is 14.0. The van der Waals surface area contributed by atoms with Gasteiger partial charge in [0.2, 0.25) is 5.89 Å². The van der Waals surface area contributed by atoms with Crippen LogP contribution in [0.3, 0.4) is 0 Å². The molecule has 0 fully saturated rings. The monoisotopic (exact) mass is 329 g/mol. The first-order valence-electron chi connectivity index (χ1n) is 7.67. The molecule has 0 bridgehead atoms. The summed E-state index contributed by atoms with van der Waals surface area (Å²) in [6.45, 7) is 6.91. The van der Waals surface area contributed by atoms with Crippen molar-refractivity contribution in [2.24, 2.45) is 4.99 Å². The minimum atomic E-state index is -0.437. The third-order valence-corrected chi connectivity index (χ3v) is 3.41. The first-order chi connectivity index (χ1) is 11.5. The van der Waals surface area contributed by atoms with Gasteiger partial charge >= 0.3 is 0 Å². The van der Waals surface area contributed by atoms with Gasteiger partial charge in [-0.2, -0.15) is 5.26 Å². The van der Waals surface area contributed by atoms with E-state index in [2.05, 4.69) is 20.6 Å². The Kier molecular flexibility index (Phi) is 5.90. The van der Waals surface area contributed by atoms with Gasteiger partial charge in [0.15, 0.2) is 5.96 Å². The molecule has 1 heterocycles. The number of hydrogen-bond acceptors (Lipinski definition) is 4. The quantitative estimate of drug-likeness (QED) is 0.650. The van der Waals surface area contributed by atoms with Crippen molar-refractivity contribution in [1.82, 2.24) is 15.6 Å². The van der Waals surface area contributed by atoms with Crippen molar-refractivity contribution in [2.45, 2.75) is 33.9 Å². The fourth-order valence-corrected chi connectivity index (χ4v) is 2.03. The highest BCUT2D eigenvalue weighted by atomic mass is 19.1. The number of hydrogen-bond donors (Lipinski definition) is 2. The van der Waals surface area contributed by atoms with E-state index in [0.717, 1.165) is 11.5 Å². The summed E-state index contributed by atoms with van der Waals surface area (Å²) in [5.74, 6) is 1.45. The summed E-state index contributed by atoms with van der Waals surface area (Å²) >= 11 is 0. The van der Waals surface area contributed by atoms with Gasteiger partial charge in [-0.3, -0.25) is 0 Å². The van der Waals surface area contributed by atoms with Crippen LogP contribution in [-0.2, 0) is 13.1 Å².